The Balaban J connectivity index is 0. The molecule has 0 aliphatic heterocycles. The molecule has 2 aromatic carbocycles. The van der Waals surface area contributed by atoms with Gasteiger partial charge < -0.3 is 32.6 Å². The van der Waals surface area contributed by atoms with Crippen molar-refractivity contribution in [2.24, 2.45) is 0 Å². The molecule has 2 radical (unpaired) electrons. The maximum absolute atomic E-state index is 7.50. The summed E-state index contributed by atoms with van der Waals surface area (Å²) in [6, 6.07) is 17.5. The molecule has 0 saturated carbocycles. The normalized spacial score (nSPS) is 7.90. The van der Waals surface area contributed by atoms with Crippen molar-refractivity contribution < 1.29 is 40.1 Å². The summed E-state index contributed by atoms with van der Waals surface area (Å²) < 4.78 is 10.3. The summed E-state index contributed by atoms with van der Waals surface area (Å²) in [6.07, 6.45) is 0. The maximum Gasteiger partial charge on any atom is 4.00 e. The number of benzene rings is 2. The molecule has 2 aromatic rings. The quantitative estimate of drug-likeness (QED) is 0.655. The summed E-state index contributed by atoms with van der Waals surface area (Å²) >= 11 is 0. The first-order chi connectivity index (χ1) is 9.83. The molecule has 4 nitrogen and oxygen atoms in total. The first kappa shape index (κ1) is 21.4. The molecule has 0 aromatic heterocycles. The zero-order chi connectivity index (χ0) is 15.4. The van der Waals surface area contributed by atoms with Gasteiger partial charge in [0.15, 0.2) is 0 Å². The van der Waals surface area contributed by atoms with Crippen LogP contribution in [0.3, 0.4) is 0 Å². The van der Waals surface area contributed by atoms with Crippen LogP contribution in [-0.4, -0.2) is 27.8 Å². The summed E-state index contributed by atoms with van der Waals surface area (Å²) in [5.41, 5.74) is 1.89. The zero-order valence-corrected chi connectivity index (χ0v) is 13.7. The minimum Gasteiger partial charge on any atom is -0.573 e. The summed E-state index contributed by atoms with van der Waals surface area (Å²) in [5, 5.41) is 0. The Labute approximate surface area is 139 Å². The van der Waals surface area contributed by atoms with Gasteiger partial charge in [-0.3, -0.25) is 0 Å². The Morgan fingerprint density at radius 3 is 1.43 bits per heavy atom. The standard InChI is InChI=1S/C14H12O2.2CO.Pt/c1-15-13-7-3-5-11(9-13)12-6-4-8-14(10-12)16-2;2*1-2;/h3-4,7-10H,1-2H3;;;/q-2;2*-1;+4. The van der Waals surface area contributed by atoms with Crippen molar-refractivity contribution >= 4 is 13.6 Å². The molecule has 0 N–H and O–H groups in total. The molecular weight excluding hydrogens is 451 g/mol. The van der Waals surface area contributed by atoms with Gasteiger partial charge >= 0.3 is 21.1 Å². The van der Waals surface area contributed by atoms with E-state index in [1.165, 1.54) is 0 Å². The monoisotopic (exact) mass is 463 g/mol. The molecule has 21 heavy (non-hydrogen) atoms. The molecule has 2 rings (SSSR count). The third kappa shape index (κ3) is 6.86. The minimum atomic E-state index is 0. The molecule has 0 spiro atoms. The second kappa shape index (κ2) is 13.1. The van der Waals surface area contributed by atoms with Crippen LogP contribution in [0, 0.1) is 12.1 Å². The molecule has 0 saturated heterocycles. The van der Waals surface area contributed by atoms with Crippen molar-refractivity contribution in [2.45, 2.75) is 0 Å². The first-order valence-electron chi connectivity index (χ1n) is 5.36. The van der Waals surface area contributed by atoms with Crippen molar-refractivity contribution in [3.63, 3.8) is 0 Å². The summed E-state index contributed by atoms with van der Waals surface area (Å²) in [5.74, 6) is 1.62. The zero-order valence-electron chi connectivity index (χ0n) is 11.4. The van der Waals surface area contributed by atoms with E-state index in [2.05, 4.69) is 25.7 Å². The van der Waals surface area contributed by atoms with Crippen LogP contribution in [0.2, 0.25) is 0 Å². The van der Waals surface area contributed by atoms with Crippen molar-refractivity contribution in [1.82, 2.24) is 0 Å². The van der Waals surface area contributed by atoms with Gasteiger partial charge in [-0.15, -0.1) is 24.3 Å². The fourth-order valence-corrected chi connectivity index (χ4v) is 1.46. The van der Waals surface area contributed by atoms with Crippen LogP contribution in [0.1, 0.15) is 0 Å². The fraction of sp³-hybridized carbons (Fsp3) is 0.125. The molecule has 0 aliphatic carbocycles. The number of hydrogen-bond donors (Lipinski definition) is 0. The summed E-state index contributed by atoms with van der Waals surface area (Å²) in [7, 11) is 3.29. The maximum atomic E-state index is 7.50. The Kier molecular flexibility index (Phi) is 13.3. The van der Waals surface area contributed by atoms with Crippen molar-refractivity contribution in [1.29, 1.82) is 0 Å². The van der Waals surface area contributed by atoms with Crippen LogP contribution in [-0.2, 0) is 30.7 Å². The molecule has 110 valence electrons. The average molecular weight is 463 g/mol. The van der Waals surface area contributed by atoms with Gasteiger partial charge in [0.2, 0.25) is 0 Å². The van der Waals surface area contributed by atoms with E-state index in [0.717, 1.165) is 22.6 Å². The summed E-state index contributed by atoms with van der Waals surface area (Å²) in [4.78, 5) is 15.0. The first-order valence-corrected chi connectivity index (χ1v) is 5.36. The predicted octanol–water partition coefficient (Wildman–Crippen LogP) is 2.17. The van der Waals surface area contributed by atoms with E-state index in [1.807, 2.05) is 36.4 Å². The van der Waals surface area contributed by atoms with E-state index in [1.54, 1.807) is 14.2 Å². The van der Waals surface area contributed by atoms with Gasteiger partial charge in [-0.1, -0.05) is 0 Å². The third-order valence-corrected chi connectivity index (χ3v) is 2.31. The fourth-order valence-electron chi connectivity index (χ4n) is 1.46. The molecule has 0 unspecified atom stereocenters. The molecule has 0 atom stereocenters. The number of ether oxygens (including phenoxy) is 2. The summed E-state index contributed by atoms with van der Waals surface area (Å²) in [6.45, 7) is 9.00. The number of methoxy groups -OCH3 is 2. The van der Waals surface area contributed by atoms with Gasteiger partial charge in [-0.05, 0) is 0 Å². The van der Waals surface area contributed by atoms with E-state index in [9.17, 15) is 0 Å². The van der Waals surface area contributed by atoms with Gasteiger partial charge in [0, 0.05) is 11.5 Å². The second-order valence-corrected chi connectivity index (χ2v) is 3.28. The van der Waals surface area contributed by atoms with Gasteiger partial charge in [0.25, 0.3) is 0 Å². The molecule has 0 fully saturated rings. The molecule has 0 amide bonds. The van der Waals surface area contributed by atoms with Crippen LogP contribution in [0.15, 0.2) is 36.4 Å². The Morgan fingerprint density at radius 2 is 1.14 bits per heavy atom. The van der Waals surface area contributed by atoms with E-state index < -0.39 is 0 Å². The minimum absolute atomic E-state index is 0. The molecule has 5 heteroatoms. The Bertz CT molecular complexity index is 470. The largest absolute Gasteiger partial charge is 4.00 e. The number of rotatable bonds is 3. The van der Waals surface area contributed by atoms with Crippen molar-refractivity contribution in [3.05, 3.63) is 48.5 Å². The second-order valence-electron chi connectivity index (χ2n) is 3.28. The van der Waals surface area contributed by atoms with Crippen molar-refractivity contribution in [3.8, 4) is 22.6 Å². The predicted molar refractivity (Wildman–Crippen MR) is 74.0 cm³/mol. The van der Waals surface area contributed by atoms with Crippen LogP contribution in [0.25, 0.3) is 11.1 Å². The molecule has 0 bridgehead atoms. The van der Waals surface area contributed by atoms with Crippen LogP contribution < -0.4 is 9.47 Å². The van der Waals surface area contributed by atoms with Gasteiger partial charge in [0.1, 0.15) is 0 Å². The molecule has 0 aliphatic rings. The van der Waals surface area contributed by atoms with E-state index >= 15 is 0 Å². The van der Waals surface area contributed by atoms with Crippen LogP contribution >= 0.6 is 0 Å². The average Bonchev–Trinajstić information content (AvgIpc) is 2.58. The van der Waals surface area contributed by atoms with Crippen LogP contribution in [0.4, 0.5) is 0 Å². The van der Waals surface area contributed by atoms with Gasteiger partial charge in [0.05, 0.1) is 14.2 Å². The Morgan fingerprint density at radius 1 is 0.810 bits per heavy atom. The Hall–Kier alpha value is -1.93. The molecular formula is C16H12O4Pt. The van der Waals surface area contributed by atoms with E-state index in [0.29, 0.717) is 0 Å². The smallest absolute Gasteiger partial charge is 0.573 e. The third-order valence-electron chi connectivity index (χ3n) is 2.31. The van der Waals surface area contributed by atoms with Crippen molar-refractivity contribution in [2.75, 3.05) is 14.2 Å². The number of carbonyl (C=O) groups excluding carboxylic acids is 2. The molecule has 0 heterocycles. The van der Waals surface area contributed by atoms with E-state index in [-0.39, 0.29) is 21.1 Å². The van der Waals surface area contributed by atoms with E-state index in [4.69, 9.17) is 19.1 Å². The van der Waals surface area contributed by atoms with Crippen LogP contribution in [0.5, 0.6) is 11.5 Å². The van der Waals surface area contributed by atoms with Gasteiger partial charge in [-0.25, -0.2) is 11.1 Å². The SMILES string of the molecule is COc1cc[c-]c(-c2[c-]ccc(OC)c2)c1.[C-]=O.[C-]=O.[Pt+4]. The number of hydrogen-bond acceptors (Lipinski definition) is 4. The van der Waals surface area contributed by atoms with Gasteiger partial charge in [-0.2, -0.15) is 24.3 Å². The topological polar surface area (TPSA) is 52.6 Å².